The van der Waals surface area contributed by atoms with Crippen LogP contribution >= 0.6 is 0 Å². The smallest absolute Gasteiger partial charge is 0.463 e. The predicted molar refractivity (Wildman–Crippen MR) is 112 cm³/mol. The fourth-order valence-corrected chi connectivity index (χ4v) is 3.89. The third kappa shape index (κ3) is 5.03. The summed E-state index contributed by atoms with van der Waals surface area (Å²) >= 11 is 0. The Morgan fingerprint density at radius 3 is 2.63 bits per heavy atom. The van der Waals surface area contributed by atoms with E-state index in [1.54, 1.807) is 19.1 Å². The highest BCUT2D eigenvalue weighted by Gasteiger charge is 2.33. The molecule has 3 rings (SSSR count). The SMILES string of the molecule is Cc1c(C(=O)NC(C(=O)OCC(C)N2CCOCC2)C(C)C)ccc2c1B(O)OC2. The molecule has 0 bridgehead atoms. The lowest BCUT2D eigenvalue weighted by atomic mass is 9.75. The van der Waals surface area contributed by atoms with E-state index in [-0.39, 0.29) is 24.5 Å². The molecular weight excluding hydrogens is 387 g/mol. The number of fused-ring (bicyclic) bond motifs is 1. The van der Waals surface area contributed by atoms with E-state index >= 15 is 0 Å². The van der Waals surface area contributed by atoms with Gasteiger partial charge in [0.15, 0.2) is 0 Å². The number of hydrogen-bond donors (Lipinski definition) is 2. The molecule has 2 atom stereocenters. The standard InChI is InChI=1S/C21H31BN2O6/c1-13(2)19(21(26)29-11-14(3)24-7-9-28-10-8-24)23-20(25)17-6-5-16-12-30-22(27)18(16)15(17)4/h5-6,13-14,19,27H,7-12H2,1-4H3,(H,23,25). The molecule has 164 valence electrons. The van der Waals surface area contributed by atoms with E-state index in [1.165, 1.54) is 0 Å². The maximum atomic E-state index is 12.9. The van der Waals surface area contributed by atoms with Crippen LogP contribution in [0.4, 0.5) is 0 Å². The van der Waals surface area contributed by atoms with Gasteiger partial charge < -0.3 is 24.5 Å². The first-order chi connectivity index (χ1) is 14.3. The highest BCUT2D eigenvalue weighted by molar-refractivity contribution is 6.62. The quantitative estimate of drug-likeness (QED) is 0.483. The summed E-state index contributed by atoms with van der Waals surface area (Å²) in [6, 6.07) is 2.80. The number of benzene rings is 1. The first kappa shape index (κ1) is 22.7. The van der Waals surface area contributed by atoms with Crippen molar-refractivity contribution in [1.82, 2.24) is 10.2 Å². The lowest BCUT2D eigenvalue weighted by molar-refractivity contribution is -0.149. The Bertz CT molecular complexity index is 781. The minimum Gasteiger partial charge on any atom is -0.463 e. The average molecular weight is 418 g/mol. The molecule has 30 heavy (non-hydrogen) atoms. The molecule has 1 saturated heterocycles. The molecule has 1 fully saturated rings. The fourth-order valence-electron chi connectivity index (χ4n) is 3.89. The van der Waals surface area contributed by atoms with E-state index in [0.717, 1.165) is 18.7 Å². The van der Waals surface area contributed by atoms with Crippen molar-refractivity contribution >= 4 is 24.5 Å². The minimum atomic E-state index is -1.03. The number of rotatable bonds is 7. The van der Waals surface area contributed by atoms with E-state index in [4.69, 9.17) is 14.1 Å². The number of esters is 1. The Kier molecular flexibility index (Phi) is 7.52. The summed E-state index contributed by atoms with van der Waals surface area (Å²) in [4.78, 5) is 27.9. The molecule has 2 aliphatic rings. The van der Waals surface area contributed by atoms with Crippen LogP contribution in [0.3, 0.4) is 0 Å². The van der Waals surface area contributed by atoms with Gasteiger partial charge in [-0.05, 0) is 42.4 Å². The first-order valence-electron chi connectivity index (χ1n) is 10.5. The highest BCUT2D eigenvalue weighted by atomic mass is 16.5. The third-order valence-corrected chi connectivity index (χ3v) is 5.84. The zero-order valence-corrected chi connectivity index (χ0v) is 18.1. The summed E-state index contributed by atoms with van der Waals surface area (Å²) in [5.74, 6) is -0.948. The summed E-state index contributed by atoms with van der Waals surface area (Å²) in [6.07, 6.45) is 0. The monoisotopic (exact) mass is 418 g/mol. The van der Waals surface area contributed by atoms with Crippen LogP contribution in [0.5, 0.6) is 0 Å². The third-order valence-electron chi connectivity index (χ3n) is 5.84. The van der Waals surface area contributed by atoms with E-state index in [2.05, 4.69) is 10.2 Å². The second-order valence-electron chi connectivity index (χ2n) is 8.30. The van der Waals surface area contributed by atoms with Crippen molar-refractivity contribution in [2.75, 3.05) is 32.9 Å². The molecule has 9 heteroatoms. The van der Waals surface area contributed by atoms with E-state index in [0.29, 0.717) is 36.4 Å². The van der Waals surface area contributed by atoms with Crippen LogP contribution in [-0.2, 0) is 25.5 Å². The Morgan fingerprint density at radius 1 is 1.27 bits per heavy atom. The van der Waals surface area contributed by atoms with Gasteiger partial charge in [-0.1, -0.05) is 19.9 Å². The molecule has 0 aliphatic carbocycles. The van der Waals surface area contributed by atoms with Gasteiger partial charge in [0.25, 0.3) is 5.91 Å². The lowest BCUT2D eigenvalue weighted by Crippen LogP contribution is -2.48. The summed E-state index contributed by atoms with van der Waals surface area (Å²) in [5.41, 5.74) is 2.57. The summed E-state index contributed by atoms with van der Waals surface area (Å²) in [6.45, 7) is 11.1. The van der Waals surface area contributed by atoms with Crippen molar-refractivity contribution < 1.29 is 28.7 Å². The van der Waals surface area contributed by atoms with Crippen LogP contribution in [-0.4, -0.2) is 73.9 Å². The summed E-state index contributed by atoms with van der Waals surface area (Å²) < 4.78 is 16.1. The van der Waals surface area contributed by atoms with Crippen LogP contribution < -0.4 is 10.8 Å². The topological polar surface area (TPSA) is 97.3 Å². The average Bonchev–Trinajstić information content (AvgIpc) is 3.12. The van der Waals surface area contributed by atoms with E-state index < -0.39 is 19.1 Å². The Hall–Kier alpha value is -1.94. The van der Waals surface area contributed by atoms with Gasteiger partial charge in [0, 0.05) is 24.7 Å². The molecule has 0 saturated carbocycles. The largest absolute Gasteiger partial charge is 0.492 e. The predicted octanol–water partition coefficient (Wildman–Crippen LogP) is 0.231. The number of carbonyl (C=O) groups is 2. The van der Waals surface area contributed by atoms with Crippen molar-refractivity contribution in [2.45, 2.75) is 46.4 Å². The van der Waals surface area contributed by atoms with E-state index in [1.807, 2.05) is 20.8 Å². The van der Waals surface area contributed by atoms with Gasteiger partial charge in [-0.15, -0.1) is 0 Å². The molecule has 0 radical (unpaired) electrons. The number of morpholine rings is 1. The summed E-state index contributed by atoms with van der Waals surface area (Å²) in [5, 5.41) is 12.8. The molecule has 2 heterocycles. The summed E-state index contributed by atoms with van der Waals surface area (Å²) in [7, 11) is -1.03. The minimum absolute atomic E-state index is 0.0850. The molecule has 0 aromatic heterocycles. The molecule has 2 N–H and O–H groups in total. The number of ether oxygens (including phenoxy) is 2. The normalized spacial score (nSPS) is 18.8. The maximum absolute atomic E-state index is 12.9. The van der Waals surface area contributed by atoms with E-state index in [9.17, 15) is 14.6 Å². The van der Waals surface area contributed by atoms with Gasteiger partial charge in [0.2, 0.25) is 0 Å². The Balaban J connectivity index is 1.63. The molecular formula is C21H31BN2O6. The first-order valence-corrected chi connectivity index (χ1v) is 10.5. The van der Waals surface area contributed by atoms with Crippen molar-refractivity contribution in [3.8, 4) is 0 Å². The van der Waals surface area contributed by atoms with Gasteiger partial charge in [0.05, 0.1) is 19.8 Å². The Morgan fingerprint density at radius 2 is 1.97 bits per heavy atom. The van der Waals surface area contributed by atoms with Crippen LogP contribution in [0.15, 0.2) is 12.1 Å². The lowest BCUT2D eigenvalue weighted by Gasteiger charge is -2.32. The van der Waals surface area contributed by atoms with Crippen molar-refractivity contribution in [3.63, 3.8) is 0 Å². The number of carbonyl (C=O) groups excluding carboxylic acids is 2. The van der Waals surface area contributed by atoms with Gasteiger partial charge in [-0.3, -0.25) is 9.69 Å². The molecule has 2 unspecified atom stereocenters. The zero-order chi connectivity index (χ0) is 21.8. The number of amides is 1. The van der Waals surface area contributed by atoms with Crippen LogP contribution in [0.2, 0.25) is 0 Å². The van der Waals surface area contributed by atoms with Crippen molar-refractivity contribution in [1.29, 1.82) is 0 Å². The molecule has 2 aliphatic heterocycles. The van der Waals surface area contributed by atoms with Gasteiger partial charge in [-0.2, -0.15) is 0 Å². The number of nitrogens with zero attached hydrogens (tertiary/aromatic N) is 1. The second-order valence-corrected chi connectivity index (χ2v) is 8.30. The van der Waals surface area contributed by atoms with Crippen LogP contribution in [0.1, 0.15) is 42.3 Å². The maximum Gasteiger partial charge on any atom is 0.492 e. The second kappa shape index (κ2) is 9.91. The van der Waals surface area contributed by atoms with Crippen LogP contribution in [0.25, 0.3) is 0 Å². The van der Waals surface area contributed by atoms with Gasteiger partial charge >= 0.3 is 13.1 Å². The molecule has 1 amide bonds. The molecule has 1 aromatic carbocycles. The van der Waals surface area contributed by atoms with Crippen molar-refractivity contribution in [3.05, 3.63) is 28.8 Å². The molecule has 0 spiro atoms. The van der Waals surface area contributed by atoms with Crippen molar-refractivity contribution in [2.24, 2.45) is 5.92 Å². The molecule has 8 nitrogen and oxygen atoms in total. The van der Waals surface area contributed by atoms with Gasteiger partial charge in [-0.25, -0.2) is 4.79 Å². The molecule has 1 aromatic rings. The fraction of sp³-hybridized carbons (Fsp3) is 0.619. The van der Waals surface area contributed by atoms with Gasteiger partial charge in [0.1, 0.15) is 12.6 Å². The zero-order valence-electron chi connectivity index (χ0n) is 18.1. The highest BCUT2D eigenvalue weighted by Crippen LogP contribution is 2.17. The Labute approximate surface area is 178 Å². The number of nitrogens with one attached hydrogen (secondary N) is 1. The number of hydrogen-bond acceptors (Lipinski definition) is 7. The van der Waals surface area contributed by atoms with Crippen LogP contribution in [0, 0.1) is 12.8 Å².